The molecule has 5 nitrogen and oxygen atoms in total. The van der Waals surface area contributed by atoms with Gasteiger partial charge in [-0.3, -0.25) is 4.79 Å². The molecule has 106 valence electrons. The highest BCUT2D eigenvalue weighted by atomic mass is 32.1. The predicted octanol–water partition coefficient (Wildman–Crippen LogP) is 2.97. The van der Waals surface area contributed by atoms with E-state index < -0.39 is 5.97 Å². The van der Waals surface area contributed by atoms with Gasteiger partial charge in [0.1, 0.15) is 17.0 Å². The van der Waals surface area contributed by atoms with Gasteiger partial charge in [0.05, 0.1) is 11.3 Å². The van der Waals surface area contributed by atoms with Crippen molar-refractivity contribution >= 4 is 33.3 Å². The molecule has 0 bridgehead atoms. The summed E-state index contributed by atoms with van der Waals surface area (Å²) in [5.74, 6) is -0.0762. The molecule has 0 radical (unpaired) electrons. The average molecular weight is 291 g/mol. The van der Waals surface area contributed by atoms with Gasteiger partial charge in [0, 0.05) is 10.9 Å². The van der Waals surface area contributed by atoms with Crippen molar-refractivity contribution in [2.24, 2.45) is 5.92 Å². The molecular formula is C14H17N3O2S. The van der Waals surface area contributed by atoms with Gasteiger partial charge < -0.3 is 10.4 Å². The van der Waals surface area contributed by atoms with Crippen molar-refractivity contribution < 1.29 is 9.90 Å². The molecule has 0 aliphatic heterocycles. The fourth-order valence-corrected chi connectivity index (χ4v) is 3.82. The Morgan fingerprint density at radius 1 is 1.40 bits per heavy atom. The van der Waals surface area contributed by atoms with Gasteiger partial charge in [0.25, 0.3) is 0 Å². The van der Waals surface area contributed by atoms with Gasteiger partial charge in [-0.2, -0.15) is 0 Å². The van der Waals surface area contributed by atoms with E-state index in [9.17, 15) is 4.79 Å². The summed E-state index contributed by atoms with van der Waals surface area (Å²) in [6, 6.07) is 0.189. The van der Waals surface area contributed by atoms with E-state index in [1.165, 1.54) is 10.4 Å². The van der Waals surface area contributed by atoms with Crippen LogP contribution >= 0.6 is 11.3 Å². The summed E-state index contributed by atoms with van der Waals surface area (Å²) in [5.41, 5.74) is 1.21. The van der Waals surface area contributed by atoms with Crippen molar-refractivity contribution in [3.05, 3.63) is 16.8 Å². The number of carboxylic acid groups (broad SMARTS) is 1. The number of thiophene rings is 1. The number of aryl methyl sites for hydroxylation is 2. The monoisotopic (exact) mass is 291 g/mol. The fraction of sp³-hybridized carbons (Fsp3) is 0.500. The number of aliphatic carboxylic acids is 1. The molecule has 2 aromatic rings. The molecule has 20 heavy (non-hydrogen) atoms. The largest absolute Gasteiger partial charge is 0.481 e. The zero-order valence-electron chi connectivity index (χ0n) is 11.5. The summed E-state index contributed by atoms with van der Waals surface area (Å²) >= 11 is 1.67. The van der Waals surface area contributed by atoms with Gasteiger partial charge in [0.2, 0.25) is 0 Å². The molecule has 2 heterocycles. The Hall–Kier alpha value is -1.69. The Kier molecular flexibility index (Phi) is 3.33. The number of aromatic nitrogens is 2. The first-order valence-electron chi connectivity index (χ1n) is 6.76. The Morgan fingerprint density at radius 2 is 2.20 bits per heavy atom. The molecule has 1 aliphatic carbocycles. The van der Waals surface area contributed by atoms with Crippen LogP contribution in [0.1, 0.15) is 29.7 Å². The zero-order valence-corrected chi connectivity index (χ0v) is 12.3. The number of nitrogens with one attached hydrogen (secondary N) is 1. The molecule has 3 rings (SSSR count). The van der Waals surface area contributed by atoms with E-state index in [0.29, 0.717) is 6.42 Å². The van der Waals surface area contributed by atoms with E-state index in [-0.39, 0.29) is 12.0 Å². The number of carbonyl (C=O) groups is 1. The van der Waals surface area contributed by atoms with Crippen molar-refractivity contribution in [2.75, 3.05) is 5.32 Å². The van der Waals surface area contributed by atoms with Crippen molar-refractivity contribution in [2.45, 2.75) is 39.2 Å². The highest BCUT2D eigenvalue weighted by Crippen LogP contribution is 2.34. The fourth-order valence-electron chi connectivity index (χ4n) is 2.82. The molecule has 6 heteroatoms. The summed E-state index contributed by atoms with van der Waals surface area (Å²) < 4.78 is 0. The molecule has 1 aliphatic rings. The van der Waals surface area contributed by atoms with Crippen molar-refractivity contribution in [1.29, 1.82) is 0 Å². The smallest absolute Gasteiger partial charge is 0.306 e. The van der Waals surface area contributed by atoms with Crippen molar-refractivity contribution in [3.63, 3.8) is 0 Å². The van der Waals surface area contributed by atoms with Gasteiger partial charge in [-0.05, 0) is 38.7 Å². The predicted molar refractivity (Wildman–Crippen MR) is 79.3 cm³/mol. The quantitative estimate of drug-likeness (QED) is 0.909. The molecule has 2 N–H and O–H groups in total. The van der Waals surface area contributed by atoms with Crippen LogP contribution in [-0.4, -0.2) is 27.1 Å². The number of anilines is 1. The van der Waals surface area contributed by atoms with Gasteiger partial charge in [-0.15, -0.1) is 11.3 Å². The number of nitrogens with zero attached hydrogens (tertiary/aromatic N) is 2. The number of fused-ring (bicyclic) bond motifs is 1. The van der Waals surface area contributed by atoms with E-state index in [2.05, 4.69) is 29.1 Å². The first-order valence-corrected chi connectivity index (χ1v) is 7.58. The van der Waals surface area contributed by atoms with Crippen LogP contribution in [0.5, 0.6) is 0 Å². The molecule has 0 spiro atoms. The van der Waals surface area contributed by atoms with E-state index in [4.69, 9.17) is 5.11 Å². The Balaban J connectivity index is 1.87. The van der Waals surface area contributed by atoms with Gasteiger partial charge >= 0.3 is 5.97 Å². The minimum atomic E-state index is -0.690. The first kappa shape index (κ1) is 13.3. The topological polar surface area (TPSA) is 75.1 Å². The number of hydrogen-bond donors (Lipinski definition) is 2. The van der Waals surface area contributed by atoms with Crippen LogP contribution in [0, 0.1) is 19.8 Å². The van der Waals surface area contributed by atoms with E-state index in [1.54, 1.807) is 17.7 Å². The lowest BCUT2D eigenvalue weighted by molar-refractivity contribution is -0.141. The molecule has 1 saturated carbocycles. The molecular weight excluding hydrogens is 274 g/mol. The minimum Gasteiger partial charge on any atom is -0.481 e. The van der Waals surface area contributed by atoms with Gasteiger partial charge in [0.15, 0.2) is 0 Å². The maximum absolute atomic E-state index is 11.0. The van der Waals surface area contributed by atoms with E-state index >= 15 is 0 Å². The SMILES string of the molecule is Cc1sc2ncnc(N[C@H]3CC[C@@H](C(=O)O)C3)c2c1C. The average Bonchev–Trinajstić information content (AvgIpc) is 2.97. The lowest BCUT2D eigenvalue weighted by Crippen LogP contribution is -2.18. The molecule has 0 unspecified atom stereocenters. The summed E-state index contributed by atoms with van der Waals surface area (Å²) in [5, 5.41) is 13.6. The second-order valence-electron chi connectivity index (χ2n) is 5.38. The Bertz CT molecular complexity index is 668. The molecule has 2 aromatic heterocycles. The molecule has 0 aromatic carbocycles. The minimum absolute atomic E-state index is 0.189. The maximum atomic E-state index is 11.0. The molecule has 2 atom stereocenters. The molecule has 0 amide bonds. The van der Waals surface area contributed by atoms with Gasteiger partial charge in [-0.1, -0.05) is 0 Å². The third-order valence-electron chi connectivity index (χ3n) is 4.09. The van der Waals surface area contributed by atoms with Crippen molar-refractivity contribution in [1.82, 2.24) is 9.97 Å². The Labute approximate surface area is 121 Å². The summed E-state index contributed by atoms with van der Waals surface area (Å²) in [6.07, 6.45) is 3.86. The first-order chi connectivity index (χ1) is 9.56. The van der Waals surface area contributed by atoms with E-state index in [1.807, 2.05) is 0 Å². The van der Waals surface area contributed by atoms with Crippen molar-refractivity contribution in [3.8, 4) is 0 Å². The summed E-state index contributed by atoms with van der Waals surface area (Å²) in [7, 11) is 0. The summed E-state index contributed by atoms with van der Waals surface area (Å²) in [6.45, 7) is 4.17. The highest BCUT2D eigenvalue weighted by Gasteiger charge is 2.30. The highest BCUT2D eigenvalue weighted by molar-refractivity contribution is 7.18. The Morgan fingerprint density at radius 3 is 2.90 bits per heavy atom. The third kappa shape index (κ3) is 2.24. The van der Waals surface area contributed by atoms with Crippen LogP contribution in [0.4, 0.5) is 5.82 Å². The van der Waals surface area contributed by atoms with Crippen LogP contribution < -0.4 is 5.32 Å². The van der Waals surface area contributed by atoms with Gasteiger partial charge in [-0.25, -0.2) is 9.97 Å². The third-order valence-corrected chi connectivity index (χ3v) is 5.20. The number of carboxylic acids is 1. The van der Waals surface area contributed by atoms with E-state index in [0.717, 1.165) is 28.9 Å². The number of rotatable bonds is 3. The van der Waals surface area contributed by atoms with Crippen LogP contribution in [0.3, 0.4) is 0 Å². The van der Waals surface area contributed by atoms with Crippen LogP contribution in [0.15, 0.2) is 6.33 Å². The lowest BCUT2D eigenvalue weighted by atomic mass is 10.1. The second-order valence-corrected chi connectivity index (χ2v) is 6.58. The standard InChI is InChI=1S/C14H17N3O2S/c1-7-8(2)20-13-11(7)12(15-6-16-13)17-10-4-3-9(5-10)14(18)19/h6,9-10H,3-5H2,1-2H3,(H,18,19)(H,15,16,17)/t9-,10+/m1/s1. The van der Waals surface area contributed by atoms with Crippen LogP contribution in [-0.2, 0) is 4.79 Å². The second kappa shape index (κ2) is 5.01. The lowest BCUT2D eigenvalue weighted by Gasteiger charge is -2.14. The summed E-state index contributed by atoms with van der Waals surface area (Å²) in [4.78, 5) is 21.9. The normalized spacial score (nSPS) is 22.3. The number of hydrogen-bond acceptors (Lipinski definition) is 5. The molecule has 0 saturated heterocycles. The molecule has 1 fully saturated rings. The zero-order chi connectivity index (χ0) is 14.3. The maximum Gasteiger partial charge on any atom is 0.306 e. The van der Waals surface area contributed by atoms with Crippen LogP contribution in [0.2, 0.25) is 0 Å². The van der Waals surface area contributed by atoms with Crippen LogP contribution in [0.25, 0.3) is 10.2 Å².